The van der Waals surface area contributed by atoms with E-state index in [1.165, 1.54) is 17.1 Å². The van der Waals surface area contributed by atoms with Gasteiger partial charge in [-0.1, -0.05) is 40.5 Å². The number of nitrogens with one attached hydrogen (secondary N) is 2. The number of nitrogens with zero attached hydrogens (tertiary/aromatic N) is 2. The third-order valence-electron chi connectivity index (χ3n) is 6.62. The maximum Gasteiger partial charge on any atom is 0.253 e. The topological polar surface area (TPSA) is 102 Å². The molecule has 0 bridgehead atoms. The lowest BCUT2D eigenvalue weighted by Crippen LogP contribution is -2.53. The predicted molar refractivity (Wildman–Crippen MR) is 158 cm³/mol. The van der Waals surface area contributed by atoms with Crippen molar-refractivity contribution in [1.29, 1.82) is 0 Å². The summed E-state index contributed by atoms with van der Waals surface area (Å²) in [6, 6.07) is 6.42. The molecule has 42 heavy (non-hydrogen) atoms. The number of halogens is 2. The summed E-state index contributed by atoms with van der Waals surface area (Å²) in [5.41, 5.74) is 3.63. The summed E-state index contributed by atoms with van der Waals surface area (Å²) in [4.78, 5) is 40.7. The van der Waals surface area contributed by atoms with Crippen LogP contribution in [0.5, 0.6) is 0 Å². The van der Waals surface area contributed by atoms with Crippen molar-refractivity contribution in [1.82, 2.24) is 20.7 Å². The van der Waals surface area contributed by atoms with E-state index < -0.39 is 29.7 Å². The summed E-state index contributed by atoms with van der Waals surface area (Å²) >= 11 is 0. The van der Waals surface area contributed by atoms with E-state index in [2.05, 4.69) is 16.7 Å². The van der Waals surface area contributed by atoms with Crippen LogP contribution in [0.1, 0.15) is 79.3 Å². The molecule has 0 spiro atoms. The van der Waals surface area contributed by atoms with E-state index in [1.54, 1.807) is 31.7 Å². The Hall–Kier alpha value is -3.81. The summed E-state index contributed by atoms with van der Waals surface area (Å²) in [6.45, 7) is 10.6. The Morgan fingerprint density at radius 1 is 0.952 bits per heavy atom. The molecule has 0 aromatic heterocycles. The summed E-state index contributed by atoms with van der Waals surface area (Å²) in [5.74, 6) is -0.541. The lowest BCUT2D eigenvalue weighted by molar-refractivity contribution is -0.129. The minimum Gasteiger partial charge on any atom is -0.390 e. The number of aliphatic hydroxyl groups excluding tert-OH is 1. The van der Waals surface area contributed by atoms with Gasteiger partial charge in [-0.3, -0.25) is 19.8 Å². The molecule has 3 amide bonds. The molecule has 10 heteroatoms. The number of amides is 3. The van der Waals surface area contributed by atoms with Crippen LogP contribution >= 0.6 is 0 Å². The standard InChI is InChI=1S/C32H42F2N4O4/c1-7-11-37(12-8-2)32(42)25-14-22(9-3)13-24(18-25)31(41)35-28(17-23-15-26(33)19-27(34)16-23)29(39)20-38(10-4)36-30(40)21(5)6/h3,13-16,18-19,21,28-29,39H,7-8,10-12,17,20H2,1-2,4-6H3,(H,35,41)(H,36,40). The summed E-state index contributed by atoms with van der Waals surface area (Å²) in [7, 11) is 0. The molecule has 2 unspecified atom stereocenters. The van der Waals surface area contributed by atoms with Crippen LogP contribution in [-0.2, 0) is 11.2 Å². The van der Waals surface area contributed by atoms with Crippen molar-refractivity contribution in [3.63, 3.8) is 0 Å². The number of benzene rings is 2. The first kappa shape index (κ1) is 34.4. The quantitative estimate of drug-likeness (QED) is 0.218. The van der Waals surface area contributed by atoms with Crippen LogP contribution in [0.2, 0.25) is 0 Å². The molecule has 3 N–H and O–H groups in total. The van der Waals surface area contributed by atoms with E-state index in [4.69, 9.17) is 6.42 Å². The molecule has 0 aliphatic heterocycles. The van der Waals surface area contributed by atoms with Gasteiger partial charge < -0.3 is 15.3 Å². The van der Waals surface area contributed by atoms with Crippen molar-refractivity contribution < 1.29 is 28.3 Å². The van der Waals surface area contributed by atoms with E-state index >= 15 is 0 Å². The summed E-state index contributed by atoms with van der Waals surface area (Å²) < 4.78 is 27.9. The Bertz CT molecular complexity index is 1250. The highest BCUT2D eigenvalue weighted by atomic mass is 19.1. The van der Waals surface area contributed by atoms with Gasteiger partial charge in [0.1, 0.15) is 11.6 Å². The third kappa shape index (κ3) is 10.2. The molecule has 0 saturated carbocycles. The van der Waals surface area contributed by atoms with Crippen LogP contribution in [0.3, 0.4) is 0 Å². The lowest BCUT2D eigenvalue weighted by Gasteiger charge is -2.30. The molecule has 8 nitrogen and oxygen atoms in total. The number of likely N-dealkylation sites (N-methyl/N-ethyl adjacent to an activating group) is 1. The lowest BCUT2D eigenvalue weighted by atomic mass is 9.99. The van der Waals surface area contributed by atoms with Gasteiger partial charge >= 0.3 is 0 Å². The zero-order valence-corrected chi connectivity index (χ0v) is 25.0. The molecule has 0 fully saturated rings. The highest BCUT2D eigenvalue weighted by Crippen LogP contribution is 2.16. The van der Waals surface area contributed by atoms with E-state index in [-0.39, 0.29) is 47.4 Å². The van der Waals surface area contributed by atoms with Crippen LogP contribution in [0.25, 0.3) is 0 Å². The Kier molecular flexibility index (Phi) is 13.6. The van der Waals surface area contributed by atoms with Crippen molar-refractivity contribution in [3.05, 3.63) is 70.3 Å². The molecule has 0 aliphatic carbocycles. The third-order valence-corrected chi connectivity index (χ3v) is 6.62. The number of hydrogen-bond acceptors (Lipinski definition) is 5. The minimum atomic E-state index is -1.26. The fraction of sp³-hybridized carbons (Fsp3) is 0.469. The molecule has 0 aliphatic rings. The molecule has 0 heterocycles. The number of aliphatic hydroxyl groups is 1. The number of rotatable bonds is 15. The molecule has 228 valence electrons. The summed E-state index contributed by atoms with van der Waals surface area (Å²) in [6.07, 6.45) is 5.80. The van der Waals surface area contributed by atoms with E-state index in [0.717, 1.165) is 31.0 Å². The Morgan fingerprint density at radius 2 is 1.55 bits per heavy atom. The van der Waals surface area contributed by atoms with E-state index in [0.29, 0.717) is 25.2 Å². The van der Waals surface area contributed by atoms with Crippen LogP contribution in [0.15, 0.2) is 36.4 Å². The molecule has 2 aromatic rings. The van der Waals surface area contributed by atoms with Gasteiger partial charge in [0.2, 0.25) is 5.91 Å². The zero-order valence-electron chi connectivity index (χ0n) is 25.0. The number of hydrazine groups is 1. The van der Waals surface area contributed by atoms with Gasteiger partial charge in [0.25, 0.3) is 11.8 Å². The van der Waals surface area contributed by atoms with Crippen LogP contribution in [-0.4, -0.2) is 71.1 Å². The van der Waals surface area contributed by atoms with Gasteiger partial charge in [0.15, 0.2) is 0 Å². The Balaban J connectivity index is 2.41. The second-order valence-electron chi connectivity index (χ2n) is 10.5. The first-order valence-corrected chi connectivity index (χ1v) is 14.3. The van der Waals surface area contributed by atoms with Gasteiger partial charge in [0.05, 0.1) is 12.1 Å². The normalized spacial score (nSPS) is 12.5. The fourth-order valence-electron chi connectivity index (χ4n) is 4.41. The minimum absolute atomic E-state index is 0.0746. The first-order chi connectivity index (χ1) is 19.9. The number of carbonyl (C=O) groups is 3. The van der Waals surface area contributed by atoms with Crippen molar-refractivity contribution in [3.8, 4) is 12.3 Å². The van der Waals surface area contributed by atoms with Crippen molar-refractivity contribution >= 4 is 17.7 Å². The maximum atomic E-state index is 14.0. The van der Waals surface area contributed by atoms with Crippen LogP contribution in [0, 0.1) is 29.9 Å². The Morgan fingerprint density at radius 3 is 2.07 bits per heavy atom. The average molecular weight is 585 g/mol. The monoisotopic (exact) mass is 584 g/mol. The van der Waals surface area contributed by atoms with Crippen LogP contribution in [0.4, 0.5) is 8.78 Å². The van der Waals surface area contributed by atoms with Gasteiger partial charge in [-0.25, -0.2) is 13.8 Å². The predicted octanol–water partition coefficient (Wildman–Crippen LogP) is 3.92. The molecule has 2 aromatic carbocycles. The SMILES string of the molecule is C#Cc1cc(C(=O)NC(Cc2cc(F)cc(F)c2)C(O)CN(CC)NC(=O)C(C)C)cc(C(=O)N(CCC)CCC)c1. The highest BCUT2D eigenvalue weighted by Gasteiger charge is 2.27. The van der Waals surface area contributed by atoms with Gasteiger partial charge in [-0.05, 0) is 55.2 Å². The van der Waals surface area contributed by atoms with Crippen molar-refractivity contribution in [2.75, 3.05) is 26.2 Å². The second kappa shape index (κ2) is 16.6. The largest absolute Gasteiger partial charge is 0.390 e. The zero-order chi connectivity index (χ0) is 31.4. The van der Waals surface area contributed by atoms with Crippen LogP contribution < -0.4 is 10.7 Å². The highest BCUT2D eigenvalue weighted by molar-refractivity contribution is 6.00. The smallest absolute Gasteiger partial charge is 0.253 e. The molecule has 2 atom stereocenters. The molecule has 2 rings (SSSR count). The van der Waals surface area contributed by atoms with Gasteiger partial charge in [-0.15, -0.1) is 6.42 Å². The summed E-state index contributed by atoms with van der Waals surface area (Å²) in [5, 5.41) is 15.5. The second-order valence-corrected chi connectivity index (χ2v) is 10.5. The molecular formula is C32H42F2N4O4. The van der Waals surface area contributed by atoms with E-state index in [9.17, 15) is 28.3 Å². The number of hydrogen-bond donors (Lipinski definition) is 3. The molecular weight excluding hydrogens is 542 g/mol. The number of terminal acetylenes is 1. The maximum absolute atomic E-state index is 14.0. The fourth-order valence-corrected chi connectivity index (χ4v) is 4.41. The average Bonchev–Trinajstić information content (AvgIpc) is 2.94. The van der Waals surface area contributed by atoms with E-state index in [1.807, 2.05) is 13.8 Å². The first-order valence-electron chi connectivity index (χ1n) is 14.3. The Labute approximate surface area is 247 Å². The molecule has 0 radical (unpaired) electrons. The molecule has 0 saturated heterocycles. The van der Waals surface area contributed by atoms with Crippen molar-refractivity contribution in [2.45, 2.75) is 66.0 Å². The van der Waals surface area contributed by atoms with Gasteiger partial charge in [0, 0.05) is 54.9 Å². The number of carbonyl (C=O) groups excluding carboxylic acids is 3. The van der Waals surface area contributed by atoms with Gasteiger partial charge in [-0.2, -0.15) is 0 Å². The van der Waals surface area contributed by atoms with Crippen molar-refractivity contribution in [2.24, 2.45) is 5.92 Å².